The van der Waals surface area contributed by atoms with Crippen LogP contribution in [0.1, 0.15) is 6.42 Å². The molecule has 0 aliphatic heterocycles. The number of carbonyl (C=O) groups excluding carboxylic acids is 1. The summed E-state index contributed by atoms with van der Waals surface area (Å²) < 4.78 is 2.49. The predicted molar refractivity (Wildman–Crippen MR) is 55.3 cm³/mol. The number of aromatic nitrogens is 4. The van der Waals surface area contributed by atoms with Gasteiger partial charge in [-0.15, -0.1) is 5.10 Å². The van der Waals surface area contributed by atoms with Crippen molar-refractivity contribution in [1.29, 1.82) is 0 Å². The highest BCUT2D eigenvalue weighted by Crippen LogP contribution is 1.94. The Labute approximate surface area is 94.7 Å². The molecular weight excluding hydrogens is 228 g/mol. The lowest BCUT2D eigenvalue weighted by Crippen LogP contribution is -2.28. The molecule has 0 fully saturated rings. The van der Waals surface area contributed by atoms with Crippen molar-refractivity contribution in [3.63, 3.8) is 0 Å². The van der Waals surface area contributed by atoms with Crippen molar-refractivity contribution >= 4 is 11.6 Å². The van der Waals surface area contributed by atoms with E-state index in [1.807, 2.05) is 0 Å². The van der Waals surface area contributed by atoms with E-state index >= 15 is 0 Å². The van der Waals surface area contributed by atoms with Gasteiger partial charge in [-0.25, -0.2) is 19.7 Å². The van der Waals surface area contributed by atoms with E-state index in [4.69, 9.17) is 5.84 Å². The van der Waals surface area contributed by atoms with Crippen LogP contribution in [0.25, 0.3) is 5.65 Å². The van der Waals surface area contributed by atoms with Gasteiger partial charge in [0.2, 0.25) is 0 Å². The zero-order chi connectivity index (χ0) is 12.3. The third-order valence-corrected chi connectivity index (χ3v) is 2.09. The summed E-state index contributed by atoms with van der Waals surface area (Å²) in [6.45, 7) is 0.112. The molecule has 0 bridgehead atoms. The molecule has 0 saturated heterocycles. The Bertz CT molecular complexity index is 588. The number of aryl methyl sites for hydroxylation is 1. The molecule has 2 aromatic rings. The smallest absolute Gasteiger partial charge is 0.350 e. The fourth-order valence-electron chi connectivity index (χ4n) is 1.34. The summed E-state index contributed by atoms with van der Waals surface area (Å²) >= 11 is 0. The van der Waals surface area contributed by atoms with Crippen molar-refractivity contribution in [2.45, 2.75) is 13.0 Å². The number of nitrogens with one attached hydrogen (secondary N) is 1. The van der Waals surface area contributed by atoms with E-state index in [-0.39, 0.29) is 18.7 Å². The molecule has 0 radical (unpaired) electrons. The molecule has 9 nitrogen and oxygen atoms in total. The van der Waals surface area contributed by atoms with E-state index in [0.29, 0.717) is 5.65 Å². The summed E-state index contributed by atoms with van der Waals surface area (Å²) in [5.41, 5.74) is 1.85. The summed E-state index contributed by atoms with van der Waals surface area (Å²) in [6.07, 6.45) is 4.42. The molecule has 2 rings (SSSR count). The first kappa shape index (κ1) is 11.2. The van der Waals surface area contributed by atoms with Gasteiger partial charge in [0.1, 0.15) is 0 Å². The fraction of sp³-hybridized carbons (Fsp3) is 0.250. The number of hydrogen-bond acceptors (Lipinski definition) is 7. The van der Waals surface area contributed by atoms with E-state index in [0.717, 1.165) is 4.68 Å². The highest BCUT2D eigenvalue weighted by Gasteiger charge is 2.09. The van der Waals surface area contributed by atoms with Crippen LogP contribution < -0.4 is 17.1 Å². The molecule has 2 aromatic heterocycles. The highest BCUT2D eigenvalue weighted by molar-refractivity contribution is 5.68. The monoisotopic (exact) mass is 238 g/mol. The molecule has 0 atom stereocenters. The molecule has 17 heavy (non-hydrogen) atoms. The maximum absolute atomic E-state index is 11.7. The zero-order valence-corrected chi connectivity index (χ0v) is 8.74. The normalized spacial score (nSPS) is 10.6. The average molecular weight is 238 g/mol. The number of nitrogens with two attached hydrogens (primary N) is 1. The second-order valence-corrected chi connectivity index (χ2v) is 3.15. The van der Waals surface area contributed by atoms with Gasteiger partial charge in [-0.1, -0.05) is 5.59 Å². The fourth-order valence-corrected chi connectivity index (χ4v) is 1.34. The Morgan fingerprint density at radius 2 is 2.41 bits per heavy atom. The SMILES string of the molecule is NNOC(=O)CCn1nc2cnccn2c1=O. The van der Waals surface area contributed by atoms with Crippen LogP contribution in [0.4, 0.5) is 0 Å². The summed E-state index contributed by atoms with van der Waals surface area (Å²) in [5, 5.41) is 3.99. The van der Waals surface area contributed by atoms with Crippen LogP contribution in [-0.2, 0) is 16.2 Å². The lowest BCUT2D eigenvalue weighted by atomic mass is 10.4. The van der Waals surface area contributed by atoms with Crippen LogP contribution in [0.3, 0.4) is 0 Å². The maximum Gasteiger partial charge on any atom is 0.350 e. The highest BCUT2D eigenvalue weighted by atomic mass is 16.7. The van der Waals surface area contributed by atoms with Gasteiger partial charge in [-0.3, -0.25) is 9.78 Å². The van der Waals surface area contributed by atoms with Crippen molar-refractivity contribution in [2.75, 3.05) is 0 Å². The molecule has 2 heterocycles. The largest absolute Gasteiger partial charge is 0.356 e. The van der Waals surface area contributed by atoms with Gasteiger partial charge >= 0.3 is 11.7 Å². The van der Waals surface area contributed by atoms with Gasteiger partial charge in [0.05, 0.1) is 19.2 Å². The van der Waals surface area contributed by atoms with E-state index in [9.17, 15) is 9.59 Å². The standard InChI is InChI=1S/C8H10N6O3/c9-12-17-7(15)1-3-14-8(16)13-4-2-10-5-6(13)11-14/h2,4-5,12H,1,3,9H2. The first-order valence-corrected chi connectivity index (χ1v) is 4.77. The average Bonchev–Trinajstić information content (AvgIpc) is 2.65. The minimum atomic E-state index is -0.574. The first-order chi connectivity index (χ1) is 8.22. The predicted octanol–water partition coefficient (Wildman–Crippen LogP) is -1.80. The number of hydrazine groups is 1. The van der Waals surface area contributed by atoms with Gasteiger partial charge in [-0.05, 0) is 0 Å². The van der Waals surface area contributed by atoms with Crippen molar-refractivity contribution < 1.29 is 9.63 Å². The van der Waals surface area contributed by atoms with E-state index in [2.05, 4.69) is 14.9 Å². The van der Waals surface area contributed by atoms with Crippen molar-refractivity contribution in [3.05, 3.63) is 29.1 Å². The van der Waals surface area contributed by atoms with E-state index in [1.54, 1.807) is 5.59 Å². The third kappa shape index (κ3) is 2.29. The summed E-state index contributed by atoms with van der Waals surface area (Å²) in [4.78, 5) is 30.9. The van der Waals surface area contributed by atoms with Gasteiger partial charge in [0, 0.05) is 12.4 Å². The van der Waals surface area contributed by atoms with Crippen molar-refractivity contribution in [3.8, 4) is 0 Å². The van der Waals surface area contributed by atoms with Gasteiger partial charge in [-0.2, -0.15) is 0 Å². The molecule has 3 N–H and O–H groups in total. The molecule has 0 aliphatic rings. The Morgan fingerprint density at radius 1 is 1.59 bits per heavy atom. The molecule has 9 heteroatoms. The first-order valence-electron chi connectivity index (χ1n) is 4.77. The third-order valence-electron chi connectivity index (χ3n) is 2.09. The molecule has 0 aromatic carbocycles. The zero-order valence-electron chi connectivity index (χ0n) is 8.74. The van der Waals surface area contributed by atoms with Gasteiger partial charge in [0.25, 0.3) is 0 Å². The van der Waals surface area contributed by atoms with Crippen LogP contribution in [0.5, 0.6) is 0 Å². The Balaban J connectivity index is 2.17. The number of hydrogen-bond donors (Lipinski definition) is 2. The molecule has 0 aliphatic carbocycles. The maximum atomic E-state index is 11.7. The quantitative estimate of drug-likeness (QED) is 0.477. The minimum Gasteiger partial charge on any atom is -0.356 e. The lowest BCUT2D eigenvalue weighted by molar-refractivity contribution is -0.151. The van der Waals surface area contributed by atoms with Crippen molar-refractivity contribution in [1.82, 2.24) is 24.8 Å². The van der Waals surface area contributed by atoms with E-state index in [1.165, 1.54) is 23.0 Å². The minimum absolute atomic E-state index is 0.0125. The van der Waals surface area contributed by atoms with Crippen LogP contribution in [0, 0.1) is 0 Å². The van der Waals surface area contributed by atoms with Crippen LogP contribution >= 0.6 is 0 Å². The number of nitrogens with zero attached hydrogens (tertiary/aromatic N) is 4. The second-order valence-electron chi connectivity index (χ2n) is 3.15. The van der Waals surface area contributed by atoms with Crippen LogP contribution in [-0.4, -0.2) is 25.1 Å². The van der Waals surface area contributed by atoms with Gasteiger partial charge in [0.15, 0.2) is 5.65 Å². The molecule has 90 valence electrons. The van der Waals surface area contributed by atoms with Crippen LogP contribution in [0.15, 0.2) is 23.4 Å². The summed E-state index contributed by atoms with van der Waals surface area (Å²) in [6, 6.07) is 0. The Hall–Kier alpha value is -2.26. The van der Waals surface area contributed by atoms with Crippen molar-refractivity contribution in [2.24, 2.45) is 5.84 Å². The molecular formula is C8H10N6O3. The number of rotatable bonds is 4. The molecule has 0 amide bonds. The van der Waals surface area contributed by atoms with E-state index < -0.39 is 5.97 Å². The Morgan fingerprint density at radius 3 is 3.12 bits per heavy atom. The number of fused-ring (bicyclic) bond motifs is 1. The Kier molecular flexibility index (Phi) is 3.12. The molecule has 0 saturated carbocycles. The van der Waals surface area contributed by atoms with Gasteiger partial charge < -0.3 is 4.84 Å². The second kappa shape index (κ2) is 4.72. The molecule has 0 unspecified atom stereocenters. The number of carbonyl (C=O) groups is 1. The topological polar surface area (TPSA) is 117 Å². The summed E-state index contributed by atoms with van der Waals surface area (Å²) in [7, 11) is 0. The van der Waals surface area contributed by atoms with Crippen LogP contribution in [0.2, 0.25) is 0 Å². The molecule has 0 spiro atoms. The summed E-state index contributed by atoms with van der Waals surface area (Å²) in [5.74, 6) is 4.23. The lowest BCUT2D eigenvalue weighted by Gasteiger charge is -1.99.